The minimum Gasteiger partial charge on any atom is -0.372 e. The van der Waals surface area contributed by atoms with Gasteiger partial charge in [-0.15, -0.1) is 0 Å². The van der Waals surface area contributed by atoms with E-state index in [1.807, 2.05) is 18.7 Å². The second-order valence-electron chi connectivity index (χ2n) is 6.82. The van der Waals surface area contributed by atoms with Crippen LogP contribution in [0.5, 0.6) is 0 Å². The molecule has 1 aliphatic rings. The van der Waals surface area contributed by atoms with Crippen LogP contribution in [0, 0.1) is 5.82 Å². The monoisotopic (exact) mass is 422 g/mol. The van der Waals surface area contributed by atoms with Crippen LogP contribution in [0.4, 0.5) is 15.8 Å². The van der Waals surface area contributed by atoms with Crippen LogP contribution in [0.3, 0.4) is 0 Å². The van der Waals surface area contributed by atoms with Crippen LogP contribution >= 0.6 is 11.7 Å². The molecule has 7 nitrogen and oxygen atoms in total. The fourth-order valence-corrected chi connectivity index (χ4v) is 5.23. The molecule has 3 aromatic rings. The number of anilines is 2. The number of halogens is 1. The Kier molecular flexibility index (Phi) is 4.94. The molecule has 0 spiro atoms. The van der Waals surface area contributed by atoms with Gasteiger partial charge in [-0.3, -0.25) is 4.72 Å². The van der Waals surface area contributed by atoms with Gasteiger partial charge in [-0.1, -0.05) is 6.07 Å². The molecule has 0 saturated carbocycles. The largest absolute Gasteiger partial charge is 0.372 e. The number of hydrogen-bond acceptors (Lipinski definition) is 7. The number of fused-ring (bicyclic) bond motifs is 1. The molecule has 0 radical (unpaired) electrons. The number of nitrogens with one attached hydrogen (secondary N) is 1. The predicted molar refractivity (Wildman–Crippen MR) is 107 cm³/mol. The van der Waals surface area contributed by atoms with E-state index in [4.69, 9.17) is 4.74 Å². The summed E-state index contributed by atoms with van der Waals surface area (Å²) in [4.78, 5) is 1.92. The van der Waals surface area contributed by atoms with Gasteiger partial charge in [0.1, 0.15) is 21.7 Å². The molecular formula is C18H19FN4O3S2. The summed E-state index contributed by atoms with van der Waals surface area (Å²) in [5.41, 5.74) is 1.38. The summed E-state index contributed by atoms with van der Waals surface area (Å²) in [7, 11) is -3.93. The first-order valence-corrected chi connectivity index (χ1v) is 11.0. The Labute approximate surface area is 166 Å². The average molecular weight is 423 g/mol. The van der Waals surface area contributed by atoms with E-state index in [0.29, 0.717) is 29.8 Å². The predicted octanol–water partition coefficient (Wildman–Crippen LogP) is 3.24. The van der Waals surface area contributed by atoms with E-state index >= 15 is 0 Å². The van der Waals surface area contributed by atoms with Crippen LogP contribution < -0.4 is 9.62 Å². The zero-order valence-electron chi connectivity index (χ0n) is 15.3. The van der Waals surface area contributed by atoms with E-state index in [-0.39, 0.29) is 22.8 Å². The van der Waals surface area contributed by atoms with Gasteiger partial charge < -0.3 is 9.64 Å². The lowest BCUT2D eigenvalue weighted by atomic mass is 10.2. The molecule has 1 aliphatic heterocycles. The highest BCUT2D eigenvalue weighted by atomic mass is 32.2. The zero-order valence-corrected chi connectivity index (χ0v) is 16.9. The minimum absolute atomic E-state index is 0.00598. The molecule has 1 saturated heterocycles. The molecule has 1 N–H and O–H groups in total. The maximum atomic E-state index is 14.7. The van der Waals surface area contributed by atoms with Gasteiger partial charge in [-0.05, 0) is 38.1 Å². The quantitative estimate of drug-likeness (QED) is 0.695. The first kappa shape index (κ1) is 19.0. The number of sulfonamides is 1. The van der Waals surface area contributed by atoms with Crippen molar-refractivity contribution < 1.29 is 17.5 Å². The first-order chi connectivity index (χ1) is 13.3. The summed E-state index contributed by atoms with van der Waals surface area (Å²) in [6.07, 6.45) is -0.0120. The number of hydrogen-bond donors (Lipinski definition) is 1. The number of aromatic nitrogens is 2. The third kappa shape index (κ3) is 3.67. The summed E-state index contributed by atoms with van der Waals surface area (Å²) in [6.45, 7) is 5.03. The van der Waals surface area contributed by atoms with Gasteiger partial charge in [0, 0.05) is 19.2 Å². The Morgan fingerprint density at radius 2 is 1.93 bits per heavy atom. The van der Waals surface area contributed by atoms with Crippen LogP contribution in [0.15, 0.2) is 41.3 Å². The molecule has 1 aromatic heterocycles. The molecule has 28 heavy (non-hydrogen) atoms. The number of nitrogens with zero attached hydrogens (tertiary/aromatic N) is 3. The van der Waals surface area contributed by atoms with Crippen molar-refractivity contribution >= 4 is 44.2 Å². The van der Waals surface area contributed by atoms with Gasteiger partial charge in [0.15, 0.2) is 0 Å². The summed E-state index contributed by atoms with van der Waals surface area (Å²) >= 11 is 0.942. The van der Waals surface area contributed by atoms with Crippen LogP contribution in [0.1, 0.15) is 13.8 Å². The Morgan fingerprint density at radius 3 is 2.64 bits per heavy atom. The van der Waals surface area contributed by atoms with Crippen molar-refractivity contribution in [1.29, 1.82) is 0 Å². The van der Waals surface area contributed by atoms with E-state index in [1.165, 1.54) is 12.1 Å². The Hall–Kier alpha value is -2.30. The van der Waals surface area contributed by atoms with Gasteiger partial charge in [0.2, 0.25) is 0 Å². The van der Waals surface area contributed by atoms with Crippen LogP contribution in [-0.4, -0.2) is 42.5 Å². The molecule has 0 amide bonds. The highest BCUT2D eigenvalue weighted by Crippen LogP contribution is 2.28. The van der Waals surface area contributed by atoms with E-state index in [0.717, 1.165) is 11.7 Å². The van der Waals surface area contributed by atoms with Crippen molar-refractivity contribution in [2.45, 2.75) is 31.0 Å². The van der Waals surface area contributed by atoms with E-state index in [1.54, 1.807) is 24.3 Å². The third-order valence-corrected chi connectivity index (χ3v) is 6.45. The molecule has 4 rings (SSSR count). The second kappa shape index (κ2) is 7.26. The Balaban J connectivity index is 1.60. The lowest BCUT2D eigenvalue weighted by Crippen LogP contribution is -2.45. The first-order valence-electron chi connectivity index (χ1n) is 8.77. The fourth-order valence-electron chi connectivity index (χ4n) is 3.41. The lowest BCUT2D eigenvalue weighted by molar-refractivity contribution is -0.00539. The number of benzene rings is 2. The Bertz CT molecular complexity index is 1110. The average Bonchev–Trinajstić information content (AvgIpc) is 3.09. The Morgan fingerprint density at radius 1 is 1.18 bits per heavy atom. The molecule has 2 unspecified atom stereocenters. The lowest BCUT2D eigenvalue weighted by Gasteiger charge is -2.37. The summed E-state index contributed by atoms with van der Waals surface area (Å²) in [5.74, 6) is -0.491. The zero-order chi connectivity index (χ0) is 19.9. The fraction of sp³-hybridized carbons (Fsp3) is 0.333. The molecule has 1 fully saturated rings. The van der Waals surface area contributed by atoms with E-state index < -0.39 is 15.8 Å². The van der Waals surface area contributed by atoms with Crippen molar-refractivity contribution in [2.75, 3.05) is 22.7 Å². The molecule has 2 heterocycles. The number of morpholine rings is 1. The molecule has 10 heteroatoms. The van der Waals surface area contributed by atoms with Crippen molar-refractivity contribution in [3.8, 4) is 0 Å². The van der Waals surface area contributed by atoms with E-state index in [2.05, 4.69) is 13.5 Å². The number of ether oxygens (including phenoxy) is 1. The van der Waals surface area contributed by atoms with Gasteiger partial charge in [-0.2, -0.15) is 8.75 Å². The molecular weight excluding hydrogens is 403 g/mol. The van der Waals surface area contributed by atoms with Crippen molar-refractivity contribution in [1.82, 2.24) is 8.75 Å². The normalized spacial score (nSPS) is 20.5. The SMILES string of the molecule is CC1CN(c2ccc(NS(=O)(=O)c3cccc4nsnc34)cc2F)CC(C)O1. The van der Waals surface area contributed by atoms with Crippen LogP contribution in [0.2, 0.25) is 0 Å². The summed E-state index contributed by atoms with van der Waals surface area (Å²) in [5, 5.41) is 0. The van der Waals surface area contributed by atoms with Crippen molar-refractivity contribution in [3.63, 3.8) is 0 Å². The van der Waals surface area contributed by atoms with Crippen molar-refractivity contribution in [2.24, 2.45) is 0 Å². The van der Waals surface area contributed by atoms with Crippen molar-refractivity contribution in [3.05, 3.63) is 42.2 Å². The highest BCUT2D eigenvalue weighted by molar-refractivity contribution is 7.93. The summed E-state index contributed by atoms with van der Waals surface area (Å²) < 4.78 is 56.5. The maximum absolute atomic E-state index is 14.7. The van der Waals surface area contributed by atoms with Gasteiger partial charge in [0.25, 0.3) is 10.0 Å². The van der Waals surface area contributed by atoms with Crippen LogP contribution in [-0.2, 0) is 14.8 Å². The standard InChI is InChI=1S/C18H19FN4O3S2/c1-11-9-23(10-12(2)26-11)16-7-6-13(8-14(16)19)22-28(24,25)17-5-3-4-15-18(17)21-27-20-15/h3-8,11-12,22H,9-10H2,1-2H3. The molecule has 2 atom stereocenters. The summed E-state index contributed by atoms with van der Waals surface area (Å²) in [6, 6.07) is 9.08. The van der Waals surface area contributed by atoms with Gasteiger partial charge in [0.05, 0.1) is 35.3 Å². The topological polar surface area (TPSA) is 84.4 Å². The van der Waals surface area contributed by atoms with Crippen LogP contribution in [0.25, 0.3) is 11.0 Å². The smallest absolute Gasteiger partial charge is 0.264 e. The molecule has 2 aromatic carbocycles. The molecule has 148 valence electrons. The molecule has 0 bridgehead atoms. The third-order valence-electron chi connectivity index (χ3n) is 4.50. The second-order valence-corrected chi connectivity index (χ2v) is 9.00. The molecule has 0 aliphatic carbocycles. The van der Waals surface area contributed by atoms with Gasteiger partial charge >= 0.3 is 0 Å². The maximum Gasteiger partial charge on any atom is 0.264 e. The minimum atomic E-state index is -3.93. The van der Waals surface area contributed by atoms with Gasteiger partial charge in [-0.25, -0.2) is 12.8 Å². The van der Waals surface area contributed by atoms with E-state index in [9.17, 15) is 12.8 Å². The highest BCUT2D eigenvalue weighted by Gasteiger charge is 2.25. The number of rotatable bonds is 4.